The van der Waals surface area contributed by atoms with Gasteiger partial charge in [0, 0.05) is 0 Å². The van der Waals surface area contributed by atoms with Crippen LogP contribution < -0.4 is 0 Å². The minimum atomic E-state index is -2.42. The van der Waals surface area contributed by atoms with Gasteiger partial charge in [-0.15, -0.1) is 26.3 Å². The van der Waals surface area contributed by atoms with Crippen molar-refractivity contribution in [2.45, 2.75) is 0 Å². The van der Waals surface area contributed by atoms with Crippen molar-refractivity contribution in [1.82, 2.24) is 0 Å². The van der Waals surface area contributed by atoms with Gasteiger partial charge in [0.2, 0.25) is 0 Å². The van der Waals surface area contributed by atoms with E-state index in [1.54, 1.807) is 22.8 Å². The molecule has 76 valence electrons. The first-order valence-electron chi connectivity index (χ1n) is 4.18. The van der Waals surface area contributed by atoms with Gasteiger partial charge in [-0.2, -0.15) is 0 Å². The van der Waals surface area contributed by atoms with Crippen LogP contribution in [0.4, 0.5) is 0 Å². The first-order valence-corrected chi connectivity index (χ1v) is 9.28. The van der Waals surface area contributed by atoms with E-state index in [9.17, 15) is 0 Å². The maximum Gasteiger partial charge on any atom is 0.373 e. The second-order valence-corrected chi connectivity index (χ2v) is 10.6. The Morgan fingerprint density at radius 3 is 1.43 bits per heavy atom. The van der Waals surface area contributed by atoms with Crippen LogP contribution in [0, 0.1) is 0 Å². The fourth-order valence-corrected chi connectivity index (χ4v) is 10.4. The van der Waals surface area contributed by atoms with E-state index in [1.165, 1.54) is 0 Å². The lowest BCUT2D eigenvalue weighted by Gasteiger charge is -2.39. The van der Waals surface area contributed by atoms with Gasteiger partial charge in [0.05, 0.1) is 0 Å². The van der Waals surface area contributed by atoms with E-state index >= 15 is 0 Å². The fraction of sp³-hybridized carbons (Fsp3) is 0. The minimum absolute atomic E-state index is 1.03. The van der Waals surface area contributed by atoms with Gasteiger partial charge in [-0.05, 0) is 22.8 Å². The van der Waals surface area contributed by atoms with Crippen molar-refractivity contribution in [3.05, 3.63) is 49.1 Å². The Morgan fingerprint density at radius 2 is 1.14 bits per heavy atom. The van der Waals surface area contributed by atoms with E-state index in [1.807, 2.05) is 0 Å². The van der Waals surface area contributed by atoms with Crippen LogP contribution in [0.2, 0.25) is 0 Å². The van der Waals surface area contributed by atoms with Crippen LogP contribution in [0.5, 0.6) is 0 Å². The second kappa shape index (κ2) is 4.34. The molecule has 0 radical (unpaired) electrons. The molecule has 3 nitrogen and oxygen atoms in total. The lowest BCUT2D eigenvalue weighted by molar-refractivity contribution is 0.288. The summed E-state index contributed by atoms with van der Waals surface area (Å²) < 4.78 is 17.0. The highest BCUT2D eigenvalue weighted by atomic mass is 28.5. The molecule has 0 aliphatic carbocycles. The van der Waals surface area contributed by atoms with Crippen molar-refractivity contribution in [2.75, 3.05) is 0 Å². The van der Waals surface area contributed by atoms with E-state index in [0.717, 1.165) is 0 Å². The molecular weight excluding hydrogens is 228 g/mol. The summed E-state index contributed by atoms with van der Waals surface area (Å²) in [4.78, 5) is 0. The molecule has 6 heteroatoms. The monoisotopic (exact) mass is 242 g/mol. The van der Waals surface area contributed by atoms with Crippen molar-refractivity contribution in [3.63, 3.8) is 0 Å². The van der Waals surface area contributed by atoms with E-state index in [2.05, 4.69) is 26.3 Å². The maximum absolute atomic E-state index is 5.85. The Hall–Kier alpha value is -0.509. The molecule has 0 N–H and O–H groups in total. The van der Waals surface area contributed by atoms with Crippen molar-refractivity contribution in [3.8, 4) is 0 Å². The number of rotatable bonds is 4. The Morgan fingerprint density at radius 1 is 0.786 bits per heavy atom. The Balaban J connectivity index is 2.96. The largest absolute Gasteiger partial charge is 0.414 e. The zero-order chi connectivity index (χ0) is 10.7. The first kappa shape index (κ1) is 11.6. The molecule has 1 heterocycles. The molecule has 0 spiro atoms. The van der Waals surface area contributed by atoms with Crippen LogP contribution in [0.3, 0.4) is 0 Å². The minimum Gasteiger partial charge on any atom is -0.414 e. The topological polar surface area (TPSA) is 27.7 Å². The van der Waals surface area contributed by atoms with Crippen LogP contribution in [-0.2, 0) is 12.3 Å². The summed E-state index contributed by atoms with van der Waals surface area (Å²) in [5.41, 5.74) is 6.85. The molecule has 1 saturated heterocycles. The third-order valence-electron chi connectivity index (χ3n) is 2.03. The van der Waals surface area contributed by atoms with Gasteiger partial charge in [-0.3, -0.25) is 0 Å². The van der Waals surface area contributed by atoms with Gasteiger partial charge in [-0.1, -0.05) is 0 Å². The van der Waals surface area contributed by atoms with Gasteiger partial charge >= 0.3 is 17.1 Å². The average molecular weight is 242 g/mol. The van der Waals surface area contributed by atoms with Crippen molar-refractivity contribution >= 4 is 27.1 Å². The van der Waals surface area contributed by atoms with E-state index in [4.69, 9.17) is 12.3 Å². The molecular formula is C8H14O3Si3. The third kappa shape index (κ3) is 1.95. The van der Waals surface area contributed by atoms with E-state index in [0.29, 0.717) is 0 Å². The lowest BCUT2D eigenvalue weighted by atomic mass is 11.2. The molecule has 0 unspecified atom stereocenters. The highest BCUT2D eigenvalue weighted by Gasteiger charge is 2.46. The molecule has 0 aromatic rings. The zero-order valence-electron chi connectivity index (χ0n) is 8.07. The molecule has 14 heavy (non-hydrogen) atoms. The van der Waals surface area contributed by atoms with E-state index < -0.39 is 27.1 Å². The molecule has 0 bridgehead atoms. The predicted molar refractivity (Wildman–Crippen MR) is 64.1 cm³/mol. The molecule has 0 saturated carbocycles. The molecule has 1 aliphatic heterocycles. The quantitative estimate of drug-likeness (QED) is 0.684. The summed E-state index contributed by atoms with van der Waals surface area (Å²) >= 11 is 0. The summed E-state index contributed by atoms with van der Waals surface area (Å²) in [5, 5.41) is 0. The molecule has 0 aromatic heterocycles. The van der Waals surface area contributed by atoms with Gasteiger partial charge < -0.3 is 12.3 Å². The van der Waals surface area contributed by atoms with Crippen LogP contribution >= 0.6 is 0 Å². The SMILES string of the molecule is C=C[Si]1(C=C)O[SiH2]O[Si](C=C)(C=C)O1. The Bertz CT molecular complexity index is 235. The van der Waals surface area contributed by atoms with Crippen molar-refractivity contribution < 1.29 is 12.3 Å². The predicted octanol–water partition coefficient (Wildman–Crippen LogP) is 0.834. The molecule has 0 atom stereocenters. The zero-order valence-corrected chi connectivity index (χ0v) is 11.5. The van der Waals surface area contributed by atoms with Crippen molar-refractivity contribution in [2.24, 2.45) is 0 Å². The first-order chi connectivity index (χ1) is 6.66. The fourth-order valence-electron chi connectivity index (χ4n) is 1.09. The number of hydrogen-bond acceptors (Lipinski definition) is 3. The van der Waals surface area contributed by atoms with Crippen LogP contribution in [0.1, 0.15) is 0 Å². The molecule has 1 fully saturated rings. The normalized spacial score (nSPS) is 23.4. The smallest absolute Gasteiger partial charge is 0.373 e. The summed E-state index contributed by atoms with van der Waals surface area (Å²) in [6.45, 7) is 14.9. The summed E-state index contributed by atoms with van der Waals surface area (Å²) in [7, 11) is -5.88. The maximum atomic E-state index is 5.85. The molecule has 1 aliphatic rings. The van der Waals surface area contributed by atoms with Gasteiger partial charge in [0.1, 0.15) is 0 Å². The van der Waals surface area contributed by atoms with E-state index in [-0.39, 0.29) is 0 Å². The number of hydrogen-bond donors (Lipinski definition) is 0. The lowest BCUT2D eigenvalue weighted by Crippen LogP contribution is -2.58. The highest BCUT2D eigenvalue weighted by molar-refractivity contribution is 6.95. The standard InChI is InChI=1S/C8H14O3Si3/c1-5-13(6-2)9-12-10-14(7-3,8-4)11-13/h5-8H,1-4,12H2. The highest BCUT2D eigenvalue weighted by Crippen LogP contribution is 2.24. The van der Waals surface area contributed by atoms with Crippen LogP contribution in [0.25, 0.3) is 0 Å². The van der Waals surface area contributed by atoms with Crippen molar-refractivity contribution in [1.29, 1.82) is 0 Å². The molecule has 0 amide bonds. The summed E-state index contributed by atoms with van der Waals surface area (Å²) in [5.74, 6) is 0. The Kier molecular flexibility index (Phi) is 3.59. The Labute approximate surface area is 88.9 Å². The van der Waals surface area contributed by atoms with Crippen LogP contribution in [0.15, 0.2) is 49.1 Å². The average Bonchev–Trinajstić information content (AvgIpc) is 2.29. The van der Waals surface area contributed by atoms with Crippen LogP contribution in [-0.4, -0.2) is 27.1 Å². The van der Waals surface area contributed by atoms with Gasteiger partial charge in [0.15, 0.2) is 0 Å². The summed E-state index contributed by atoms with van der Waals surface area (Å²) in [6, 6.07) is 0. The third-order valence-corrected chi connectivity index (χ3v) is 11.4. The molecule has 0 aromatic carbocycles. The molecule has 1 rings (SSSR count). The summed E-state index contributed by atoms with van der Waals surface area (Å²) in [6.07, 6.45) is 0. The second-order valence-electron chi connectivity index (χ2n) is 2.77. The van der Waals surface area contributed by atoms with Gasteiger partial charge in [0.25, 0.3) is 10.0 Å². The van der Waals surface area contributed by atoms with Gasteiger partial charge in [-0.25, -0.2) is 0 Å².